The maximum atomic E-state index is 13.3. The molecule has 0 radical (unpaired) electrons. The molecule has 0 aliphatic carbocycles. The molecule has 0 spiro atoms. The van der Waals surface area contributed by atoms with Crippen molar-refractivity contribution in [2.75, 3.05) is 32.1 Å². The van der Waals surface area contributed by atoms with Crippen LogP contribution in [0.1, 0.15) is 18.4 Å². The first-order valence-electron chi connectivity index (χ1n) is 9.96. The molecule has 2 heterocycles. The number of hydrogen-bond donors (Lipinski definition) is 1. The van der Waals surface area contributed by atoms with Crippen molar-refractivity contribution in [2.24, 2.45) is 10.7 Å². The maximum Gasteiger partial charge on any atom is 0.206 e. The number of anilines is 1. The van der Waals surface area contributed by atoms with E-state index in [1.807, 2.05) is 37.4 Å². The number of guanidine groups is 1. The van der Waals surface area contributed by atoms with Gasteiger partial charge in [-0.05, 0) is 42.7 Å². The Morgan fingerprint density at radius 3 is 2.55 bits per heavy atom. The summed E-state index contributed by atoms with van der Waals surface area (Å²) in [5.74, 6) is 1.33. The topological polar surface area (TPSA) is 62.7 Å². The fraction of sp³-hybridized carbons (Fsp3) is 0.364. The molecule has 0 unspecified atom stereocenters. The number of aromatic nitrogens is 2. The summed E-state index contributed by atoms with van der Waals surface area (Å²) in [6.45, 7) is 2.46. The SMILES string of the molecule is CN=C(N)N(C)C1CCN(c2nc3ccccc3n2Cc2ccc(F)cc2)CC1. The maximum absolute atomic E-state index is 13.3. The Kier molecular flexibility index (Phi) is 5.38. The summed E-state index contributed by atoms with van der Waals surface area (Å²) in [7, 11) is 3.73. The van der Waals surface area contributed by atoms with Crippen LogP contribution >= 0.6 is 0 Å². The van der Waals surface area contributed by atoms with E-state index in [2.05, 4.69) is 25.4 Å². The van der Waals surface area contributed by atoms with Gasteiger partial charge in [0.05, 0.1) is 17.6 Å². The standard InChI is InChI=1S/C22H27FN6/c1-25-21(24)27(2)18-11-13-28(14-12-18)22-26-19-5-3-4-6-20(19)29(22)15-16-7-9-17(23)10-8-16/h3-10,18H,11-15H2,1-2H3,(H2,24,25). The van der Waals surface area contributed by atoms with Crippen LogP contribution in [-0.4, -0.2) is 53.6 Å². The van der Waals surface area contributed by atoms with Crippen molar-refractivity contribution < 1.29 is 4.39 Å². The van der Waals surface area contributed by atoms with E-state index in [-0.39, 0.29) is 5.82 Å². The first kappa shape index (κ1) is 19.2. The molecule has 0 amide bonds. The smallest absolute Gasteiger partial charge is 0.206 e. The Balaban J connectivity index is 1.60. The molecule has 1 saturated heterocycles. The zero-order chi connectivity index (χ0) is 20.4. The van der Waals surface area contributed by atoms with E-state index in [1.54, 1.807) is 7.05 Å². The first-order chi connectivity index (χ1) is 14.1. The second kappa shape index (κ2) is 8.11. The van der Waals surface area contributed by atoms with Gasteiger partial charge in [0.25, 0.3) is 0 Å². The van der Waals surface area contributed by atoms with Crippen molar-refractivity contribution in [3.63, 3.8) is 0 Å². The van der Waals surface area contributed by atoms with Crippen LogP contribution in [0.15, 0.2) is 53.5 Å². The quantitative estimate of drug-likeness (QED) is 0.546. The number of para-hydroxylation sites is 2. The zero-order valence-corrected chi connectivity index (χ0v) is 16.9. The molecule has 0 bridgehead atoms. The number of hydrogen-bond acceptors (Lipinski definition) is 3. The minimum atomic E-state index is -0.217. The highest BCUT2D eigenvalue weighted by atomic mass is 19.1. The molecule has 1 aliphatic rings. The molecule has 6 nitrogen and oxygen atoms in total. The third-order valence-electron chi connectivity index (χ3n) is 5.77. The summed E-state index contributed by atoms with van der Waals surface area (Å²) < 4.78 is 15.6. The number of benzene rings is 2. The molecule has 152 valence electrons. The molecule has 2 N–H and O–H groups in total. The summed E-state index contributed by atoms with van der Waals surface area (Å²) in [5.41, 5.74) is 9.11. The van der Waals surface area contributed by atoms with E-state index in [9.17, 15) is 4.39 Å². The lowest BCUT2D eigenvalue weighted by molar-refractivity contribution is 0.301. The number of nitrogens with zero attached hydrogens (tertiary/aromatic N) is 5. The molecule has 7 heteroatoms. The molecule has 1 fully saturated rings. The molecule has 0 saturated carbocycles. The zero-order valence-electron chi connectivity index (χ0n) is 16.9. The van der Waals surface area contributed by atoms with E-state index in [4.69, 9.17) is 10.7 Å². The number of rotatable bonds is 4. The number of nitrogens with two attached hydrogens (primary N) is 1. The lowest BCUT2D eigenvalue weighted by Crippen LogP contribution is -2.48. The highest BCUT2D eigenvalue weighted by Crippen LogP contribution is 2.27. The van der Waals surface area contributed by atoms with Crippen LogP contribution in [0.2, 0.25) is 0 Å². The molecule has 3 aromatic rings. The summed E-state index contributed by atoms with van der Waals surface area (Å²) in [4.78, 5) is 13.4. The highest BCUT2D eigenvalue weighted by molar-refractivity contribution is 5.79. The Morgan fingerprint density at radius 2 is 1.86 bits per heavy atom. The first-order valence-corrected chi connectivity index (χ1v) is 9.96. The van der Waals surface area contributed by atoms with Gasteiger partial charge in [0.2, 0.25) is 5.95 Å². The number of halogens is 1. The van der Waals surface area contributed by atoms with E-state index in [0.29, 0.717) is 18.5 Å². The van der Waals surface area contributed by atoms with Crippen LogP contribution in [0.25, 0.3) is 11.0 Å². The Labute approximate surface area is 170 Å². The second-order valence-corrected chi connectivity index (χ2v) is 7.52. The van der Waals surface area contributed by atoms with E-state index in [0.717, 1.165) is 48.5 Å². The minimum Gasteiger partial charge on any atom is -0.370 e. The largest absolute Gasteiger partial charge is 0.370 e. The fourth-order valence-corrected chi connectivity index (χ4v) is 4.03. The number of fused-ring (bicyclic) bond motifs is 1. The predicted molar refractivity (Wildman–Crippen MR) is 116 cm³/mol. The summed E-state index contributed by atoms with van der Waals surface area (Å²) in [6.07, 6.45) is 1.99. The molecular weight excluding hydrogens is 367 g/mol. The van der Waals surface area contributed by atoms with Crippen LogP contribution in [0.5, 0.6) is 0 Å². The molecule has 0 atom stereocenters. The lowest BCUT2D eigenvalue weighted by atomic mass is 10.0. The fourth-order valence-electron chi connectivity index (χ4n) is 4.03. The van der Waals surface area contributed by atoms with Crippen LogP contribution in [0.3, 0.4) is 0 Å². The van der Waals surface area contributed by atoms with E-state index in [1.165, 1.54) is 12.1 Å². The third-order valence-corrected chi connectivity index (χ3v) is 5.77. The molecule has 29 heavy (non-hydrogen) atoms. The average Bonchev–Trinajstić information content (AvgIpc) is 3.13. The number of aliphatic imine (C=N–C) groups is 1. The van der Waals surface area contributed by atoms with Gasteiger partial charge in [-0.2, -0.15) is 0 Å². The normalized spacial score (nSPS) is 15.8. The van der Waals surface area contributed by atoms with Crippen molar-refractivity contribution in [1.82, 2.24) is 14.5 Å². The van der Waals surface area contributed by atoms with Crippen LogP contribution in [-0.2, 0) is 6.54 Å². The average molecular weight is 394 g/mol. The highest BCUT2D eigenvalue weighted by Gasteiger charge is 2.26. The van der Waals surface area contributed by atoms with Gasteiger partial charge in [-0.25, -0.2) is 9.37 Å². The van der Waals surface area contributed by atoms with Gasteiger partial charge in [-0.3, -0.25) is 4.99 Å². The molecule has 2 aromatic carbocycles. The van der Waals surface area contributed by atoms with Gasteiger partial charge in [0.15, 0.2) is 5.96 Å². The lowest BCUT2D eigenvalue weighted by Gasteiger charge is -2.37. The number of piperidine rings is 1. The van der Waals surface area contributed by atoms with Crippen molar-refractivity contribution in [3.8, 4) is 0 Å². The van der Waals surface area contributed by atoms with Crippen molar-refractivity contribution in [1.29, 1.82) is 0 Å². The van der Waals surface area contributed by atoms with Crippen molar-refractivity contribution in [3.05, 3.63) is 59.9 Å². The molecular formula is C22H27FN6. The monoisotopic (exact) mass is 394 g/mol. The van der Waals surface area contributed by atoms with Gasteiger partial charge in [-0.15, -0.1) is 0 Å². The molecule has 1 aliphatic heterocycles. The summed E-state index contributed by atoms with van der Waals surface area (Å²) in [6, 6.07) is 15.2. The van der Waals surface area contributed by atoms with Gasteiger partial charge < -0.3 is 20.1 Å². The summed E-state index contributed by atoms with van der Waals surface area (Å²) >= 11 is 0. The number of imidazole rings is 1. The molecule has 1 aromatic heterocycles. The van der Waals surface area contributed by atoms with Crippen molar-refractivity contribution >= 4 is 22.9 Å². The Bertz CT molecular complexity index is 1000. The second-order valence-electron chi connectivity index (χ2n) is 7.52. The van der Waals surface area contributed by atoms with Crippen LogP contribution < -0.4 is 10.6 Å². The van der Waals surface area contributed by atoms with Crippen LogP contribution in [0.4, 0.5) is 10.3 Å². The van der Waals surface area contributed by atoms with Crippen LogP contribution in [0, 0.1) is 5.82 Å². The van der Waals surface area contributed by atoms with Gasteiger partial charge >= 0.3 is 0 Å². The van der Waals surface area contributed by atoms with Gasteiger partial charge in [0, 0.05) is 33.2 Å². The summed E-state index contributed by atoms with van der Waals surface area (Å²) in [5, 5.41) is 0. The Hall–Kier alpha value is -3.09. The van der Waals surface area contributed by atoms with Gasteiger partial charge in [0.1, 0.15) is 5.82 Å². The minimum absolute atomic E-state index is 0.217. The molecule has 4 rings (SSSR count). The Morgan fingerprint density at radius 1 is 1.17 bits per heavy atom. The van der Waals surface area contributed by atoms with Gasteiger partial charge in [-0.1, -0.05) is 24.3 Å². The third kappa shape index (κ3) is 3.90. The van der Waals surface area contributed by atoms with E-state index >= 15 is 0 Å². The van der Waals surface area contributed by atoms with E-state index < -0.39 is 0 Å². The predicted octanol–water partition coefficient (Wildman–Crippen LogP) is 3.07. The van der Waals surface area contributed by atoms with Crippen molar-refractivity contribution in [2.45, 2.75) is 25.4 Å².